The van der Waals surface area contributed by atoms with Crippen molar-refractivity contribution in [3.8, 4) is 5.88 Å². The van der Waals surface area contributed by atoms with E-state index >= 15 is 0 Å². The lowest BCUT2D eigenvalue weighted by Gasteiger charge is -2.22. The molecule has 0 unspecified atom stereocenters. The molecule has 0 aromatic carbocycles. The van der Waals surface area contributed by atoms with Crippen molar-refractivity contribution in [2.75, 3.05) is 18.5 Å². The fourth-order valence-electron chi connectivity index (χ4n) is 0.995. The van der Waals surface area contributed by atoms with Crippen LogP contribution in [0.25, 0.3) is 0 Å². The van der Waals surface area contributed by atoms with E-state index in [1.807, 2.05) is 0 Å². The molecule has 0 spiro atoms. The fourth-order valence-corrected chi connectivity index (χ4v) is 2.19. The second-order valence-corrected chi connectivity index (χ2v) is 6.97. The number of aromatic nitrogens is 1. The largest absolute Gasteiger partial charge is 0.481 e. The van der Waals surface area contributed by atoms with E-state index in [1.54, 1.807) is 12.1 Å². The molecular weight excluding hydrogens is 323 g/mol. The minimum atomic E-state index is -1.70. The Morgan fingerprint density at radius 1 is 1.39 bits per heavy atom. The maximum atomic E-state index is 11.6. The maximum absolute atomic E-state index is 11.6. The molecule has 1 aromatic heterocycles. The lowest BCUT2D eigenvalue weighted by atomic mass is 10.4. The predicted molar refractivity (Wildman–Crippen MR) is 73.6 cm³/mol. The first kappa shape index (κ1) is 15.5. The van der Waals surface area contributed by atoms with Gasteiger partial charge in [0.1, 0.15) is 0 Å². The third-order valence-electron chi connectivity index (χ3n) is 1.70. The van der Waals surface area contributed by atoms with Crippen molar-refractivity contribution >= 4 is 58.5 Å². The van der Waals surface area contributed by atoms with Crippen LogP contribution >= 0.6 is 46.8 Å². The standard InChI is InChI=1S/C9H9Cl3N2O3S/c1-16-7-4-3-6(5-13-7)14(8(15)17-2)18-9(10,11)12/h3-5H,1-2H3. The minimum absolute atomic E-state index is 0.402. The molecule has 0 radical (unpaired) electrons. The number of anilines is 1. The Bertz CT molecular complexity index is 411. The summed E-state index contributed by atoms with van der Waals surface area (Å²) in [6, 6.07) is 3.16. The topological polar surface area (TPSA) is 51.7 Å². The first-order valence-electron chi connectivity index (χ1n) is 4.51. The highest BCUT2D eigenvalue weighted by molar-refractivity contribution is 8.06. The molecule has 0 aliphatic carbocycles. The zero-order valence-corrected chi connectivity index (χ0v) is 12.5. The molecule has 0 N–H and O–H groups in total. The van der Waals surface area contributed by atoms with E-state index in [4.69, 9.17) is 39.5 Å². The van der Waals surface area contributed by atoms with Gasteiger partial charge < -0.3 is 9.47 Å². The molecule has 1 heterocycles. The molecule has 1 amide bonds. The summed E-state index contributed by atoms with van der Waals surface area (Å²) in [6.07, 6.45) is 0.720. The number of alkyl halides is 3. The second kappa shape index (κ2) is 6.56. The fraction of sp³-hybridized carbons (Fsp3) is 0.333. The number of pyridine rings is 1. The zero-order valence-electron chi connectivity index (χ0n) is 9.39. The van der Waals surface area contributed by atoms with Crippen LogP contribution in [0.2, 0.25) is 0 Å². The quantitative estimate of drug-likeness (QED) is 0.625. The number of methoxy groups -OCH3 is 2. The molecule has 18 heavy (non-hydrogen) atoms. The predicted octanol–water partition coefficient (Wildman–Crippen LogP) is 3.64. The Balaban J connectivity index is 2.97. The number of ether oxygens (including phenoxy) is 2. The Morgan fingerprint density at radius 2 is 2.06 bits per heavy atom. The third kappa shape index (κ3) is 4.61. The van der Waals surface area contributed by atoms with Gasteiger partial charge in [0.25, 0.3) is 3.12 Å². The van der Waals surface area contributed by atoms with E-state index in [-0.39, 0.29) is 0 Å². The van der Waals surface area contributed by atoms with Crippen LogP contribution in [0.1, 0.15) is 0 Å². The monoisotopic (exact) mass is 330 g/mol. The summed E-state index contributed by atoms with van der Waals surface area (Å²) in [5.74, 6) is 0.405. The maximum Gasteiger partial charge on any atom is 0.424 e. The lowest BCUT2D eigenvalue weighted by Crippen LogP contribution is -2.26. The van der Waals surface area contributed by atoms with E-state index in [0.29, 0.717) is 23.5 Å². The van der Waals surface area contributed by atoms with E-state index in [0.717, 1.165) is 4.31 Å². The van der Waals surface area contributed by atoms with Gasteiger partial charge in [-0.1, -0.05) is 34.8 Å². The van der Waals surface area contributed by atoms with Crippen molar-refractivity contribution < 1.29 is 14.3 Å². The van der Waals surface area contributed by atoms with Gasteiger partial charge in [0.2, 0.25) is 5.88 Å². The summed E-state index contributed by atoms with van der Waals surface area (Å²) in [6.45, 7) is 0. The summed E-state index contributed by atoms with van der Waals surface area (Å²) < 4.78 is 8.89. The van der Waals surface area contributed by atoms with Crippen molar-refractivity contribution in [3.63, 3.8) is 0 Å². The van der Waals surface area contributed by atoms with Crippen molar-refractivity contribution in [2.45, 2.75) is 3.12 Å². The molecule has 9 heteroatoms. The van der Waals surface area contributed by atoms with Gasteiger partial charge in [-0.05, 0) is 6.07 Å². The number of rotatable bonds is 3. The van der Waals surface area contributed by atoms with Crippen LogP contribution in [-0.2, 0) is 4.74 Å². The van der Waals surface area contributed by atoms with Crippen molar-refractivity contribution in [3.05, 3.63) is 18.3 Å². The molecule has 5 nitrogen and oxygen atoms in total. The van der Waals surface area contributed by atoms with Gasteiger partial charge in [-0.2, -0.15) is 0 Å². The van der Waals surface area contributed by atoms with Gasteiger partial charge in [-0.25, -0.2) is 14.1 Å². The van der Waals surface area contributed by atoms with Crippen molar-refractivity contribution in [1.29, 1.82) is 0 Å². The average molecular weight is 332 g/mol. The summed E-state index contributed by atoms with van der Waals surface area (Å²) >= 11 is 17.6. The highest BCUT2D eigenvalue weighted by Crippen LogP contribution is 2.43. The minimum Gasteiger partial charge on any atom is -0.481 e. The Morgan fingerprint density at radius 3 is 2.44 bits per heavy atom. The number of halogens is 3. The van der Waals surface area contributed by atoms with Gasteiger partial charge in [-0.3, -0.25) is 0 Å². The van der Waals surface area contributed by atoms with Crippen molar-refractivity contribution in [2.24, 2.45) is 0 Å². The molecule has 1 rings (SSSR count). The first-order chi connectivity index (χ1) is 8.37. The number of hydrogen-bond donors (Lipinski definition) is 0. The number of hydrogen-bond acceptors (Lipinski definition) is 5. The smallest absolute Gasteiger partial charge is 0.424 e. The van der Waals surface area contributed by atoms with Crippen LogP contribution in [0.15, 0.2) is 18.3 Å². The van der Waals surface area contributed by atoms with Gasteiger partial charge in [-0.15, -0.1) is 0 Å². The molecule has 0 saturated carbocycles. The third-order valence-corrected chi connectivity index (χ3v) is 3.07. The van der Waals surface area contributed by atoms with Crippen LogP contribution in [0.4, 0.5) is 10.5 Å². The Hall–Kier alpha value is -0.560. The van der Waals surface area contributed by atoms with Crippen LogP contribution in [0, 0.1) is 0 Å². The average Bonchev–Trinajstić information content (AvgIpc) is 2.34. The highest BCUT2D eigenvalue weighted by atomic mass is 35.6. The van der Waals surface area contributed by atoms with Gasteiger partial charge in [0, 0.05) is 18.0 Å². The number of carbonyl (C=O) groups is 1. The molecule has 0 aliphatic rings. The van der Waals surface area contributed by atoms with Crippen LogP contribution < -0.4 is 9.04 Å². The summed E-state index contributed by atoms with van der Waals surface area (Å²) in [5, 5.41) is 0. The number of carbonyl (C=O) groups excluding carboxylic acids is 1. The van der Waals surface area contributed by atoms with Crippen molar-refractivity contribution in [1.82, 2.24) is 4.98 Å². The Kier molecular flexibility index (Phi) is 5.65. The number of amides is 1. The van der Waals surface area contributed by atoms with Crippen LogP contribution in [0.3, 0.4) is 0 Å². The molecule has 0 atom stereocenters. The summed E-state index contributed by atoms with van der Waals surface area (Å²) in [7, 11) is 2.71. The molecule has 100 valence electrons. The van der Waals surface area contributed by atoms with E-state index < -0.39 is 9.22 Å². The van der Waals surface area contributed by atoms with Crippen LogP contribution in [0.5, 0.6) is 5.88 Å². The molecule has 1 aromatic rings. The first-order valence-corrected chi connectivity index (χ1v) is 6.42. The number of nitrogens with zero attached hydrogens (tertiary/aromatic N) is 2. The highest BCUT2D eigenvalue weighted by Gasteiger charge is 2.30. The van der Waals surface area contributed by atoms with E-state index in [2.05, 4.69) is 9.72 Å². The van der Waals surface area contributed by atoms with Gasteiger partial charge in [0.05, 0.1) is 26.1 Å². The van der Waals surface area contributed by atoms with E-state index in [9.17, 15) is 4.79 Å². The van der Waals surface area contributed by atoms with E-state index in [1.165, 1.54) is 20.4 Å². The molecular formula is C9H9Cl3N2O3S. The zero-order chi connectivity index (χ0) is 13.8. The van der Waals surface area contributed by atoms with Gasteiger partial charge >= 0.3 is 6.09 Å². The molecule has 0 bridgehead atoms. The summed E-state index contributed by atoms with van der Waals surface area (Å²) in [5.41, 5.74) is 0.402. The molecule has 0 saturated heterocycles. The molecule has 0 aliphatic heterocycles. The molecule has 0 fully saturated rings. The lowest BCUT2D eigenvalue weighted by molar-refractivity contribution is 0.183. The van der Waals surface area contributed by atoms with Crippen LogP contribution in [-0.4, -0.2) is 28.4 Å². The second-order valence-electron chi connectivity index (χ2n) is 2.86. The summed E-state index contributed by atoms with van der Waals surface area (Å²) in [4.78, 5) is 15.5. The Labute approximate surface area is 123 Å². The SMILES string of the molecule is COC(=O)N(SC(Cl)(Cl)Cl)c1ccc(OC)nc1. The normalized spacial score (nSPS) is 10.9. The van der Waals surface area contributed by atoms with Gasteiger partial charge in [0.15, 0.2) is 0 Å².